The van der Waals surface area contributed by atoms with Crippen LogP contribution in [0.3, 0.4) is 0 Å². The maximum absolute atomic E-state index is 12.6. The molecule has 178 valence electrons. The van der Waals surface area contributed by atoms with E-state index in [9.17, 15) is 4.79 Å². The van der Waals surface area contributed by atoms with Crippen LogP contribution in [0.25, 0.3) is 5.69 Å². The monoisotopic (exact) mass is 453 g/mol. The molecule has 1 aliphatic carbocycles. The van der Waals surface area contributed by atoms with Crippen LogP contribution < -0.4 is 32.3 Å². The van der Waals surface area contributed by atoms with Gasteiger partial charge in [-0.15, -0.1) is 0 Å². The van der Waals surface area contributed by atoms with Crippen molar-refractivity contribution in [3.63, 3.8) is 0 Å². The third-order valence-corrected chi connectivity index (χ3v) is 6.96. The molecule has 3 unspecified atom stereocenters. The van der Waals surface area contributed by atoms with Crippen LogP contribution in [0.2, 0.25) is 0 Å². The number of fused-ring (bicyclic) bond motifs is 1. The molecule has 2 aliphatic heterocycles. The third-order valence-electron chi connectivity index (χ3n) is 6.96. The lowest BCUT2D eigenvalue weighted by Gasteiger charge is -2.28. The second-order valence-electron chi connectivity index (χ2n) is 9.14. The quantitative estimate of drug-likeness (QED) is 0.426. The van der Waals surface area contributed by atoms with Gasteiger partial charge >= 0.3 is 5.69 Å². The van der Waals surface area contributed by atoms with Gasteiger partial charge in [0.2, 0.25) is 6.41 Å². The Bertz CT molecular complexity index is 962. The standard InChI is InChI=1S/C23H32N6O.CH3NO/c1-16(26-15-21-19-13-25-14-20(19)21)12-17-2-4-18(5-3-17)29-9-6-22(27-23(29)30)28-10-7-24-8-11-28;2-1-3/h2-6,9,16,19-21,24-26H,7-8,10-15H2,1H3;1H,(H2,2,3). The summed E-state index contributed by atoms with van der Waals surface area (Å²) in [5, 5.41) is 10.5. The Morgan fingerprint density at radius 1 is 1.15 bits per heavy atom. The van der Waals surface area contributed by atoms with Crippen molar-refractivity contribution < 1.29 is 4.79 Å². The Hall–Kier alpha value is -2.75. The molecule has 1 saturated carbocycles. The number of nitrogens with two attached hydrogens (primary N) is 1. The van der Waals surface area contributed by atoms with Crippen LogP contribution in [0.5, 0.6) is 0 Å². The Morgan fingerprint density at radius 3 is 2.45 bits per heavy atom. The summed E-state index contributed by atoms with van der Waals surface area (Å²) >= 11 is 0. The van der Waals surface area contributed by atoms with Crippen molar-refractivity contribution in [3.8, 4) is 5.69 Å². The molecular weight excluding hydrogens is 418 g/mol. The van der Waals surface area contributed by atoms with E-state index in [4.69, 9.17) is 4.79 Å². The van der Waals surface area contributed by atoms with Gasteiger partial charge in [0.15, 0.2) is 0 Å². The molecule has 0 bridgehead atoms. The van der Waals surface area contributed by atoms with Gasteiger partial charge in [-0.2, -0.15) is 4.98 Å². The molecule has 3 atom stereocenters. The number of nitrogens with zero attached hydrogens (tertiary/aromatic N) is 3. The number of carbonyl (C=O) groups excluding carboxylic acids is 1. The minimum absolute atomic E-state index is 0.224. The zero-order chi connectivity index (χ0) is 23.2. The molecule has 5 rings (SSSR count). The van der Waals surface area contributed by atoms with E-state index < -0.39 is 0 Å². The highest BCUT2D eigenvalue weighted by Crippen LogP contribution is 2.48. The summed E-state index contributed by atoms with van der Waals surface area (Å²) in [5.41, 5.74) is 6.09. The van der Waals surface area contributed by atoms with E-state index in [2.05, 4.69) is 50.6 Å². The maximum Gasteiger partial charge on any atom is 0.354 e. The number of piperidine rings is 1. The number of primary amides is 1. The van der Waals surface area contributed by atoms with Crippen LogP contribution in [0.1, 0.15) is 12.5 Å². The number of carbonyl (C=O) groups is 1. The first-order chi connectivity index (χ1) is 16.1. The number of hydrogen-bond donors (Lipinski definition) is 4. The Kier molecular flexibility index (Phi) is 7.74. The van der Waals surface area contributed by atoms with Crippen LogP contribution in [0.4, 0.5) is 5.82 Å². The third kappa shape index (κ3) is 5.79. The molecule has 2 saturated heterocycles. The minimum atomic E-state index is -0.224. The Balaban J connectivity index is 0.000000821. The molecule has 2 aromatic rings. The summed E-state index contributed by atoms with van der Waals surface area (Å²) in [4.78, 5) is 27.6. The average molecular weight is 454 g/mol. The molecule has 9 heteroatoms. The van der Waals surface area contributed by atoms with Crippen LogP contribution in [0.15, 0.2) is 41.3 Å². The van der Waals surface area contributed by atoms with Crippen molar-refractivity contribution in [2.24, 2.45) is 23.5 Å². The van der Waals surface area contributed by atoms with Gasteiger partial charge in [-0.3, -0.25) is 9.36 Å². The highest BCUT2D eigenvalue weighted by Gasteiger charge is 2.52. The molecule has 0 spiro atoms. The van der Waals surface area contributed by atoms with Crippen molar-refractivity contribution in [3.05, 3.63) is 52.6 Å². The fourth-order valence-corrected chi connectivity index (χ4v) is 5.07. The number of rotatable bonds is 7. The van der Waals surface area contributed by atoms with Gasteiger partial charge in [0.25, 0.3) is 0 Å². The van der Waals surface area contributed by atoms with E-state index in [0.29, 0.717) is 6.04 Å². The average Bonchev–Trinajstić information content (AvgIpc) is 3.25. The smallest absolute Gasteiger partial charge is 0.354 e. The molecule has 1 amide bonds. The van der Waals surface area contributed by atoms with Crippen LogP contribution in [-0.2, 0) is 11.2 Å². The maximum atomic E-state index is 12.6. The summed E-state index contributed by atoms with van der Waals surface area (Å²) in [6.07, 6.45) is 3.09. The lowest BCUT2D eigenvalue weighted by molar-refractivity contribution is -0.106. The van der Waals surface area contributed by atoms with Crippen molar-refractivity contribution in [2.75, 3.05) is 50.7 Å². The fourth-order valence-electron chi connectivity index (χ4n) is 5.07. The van der Waals surface area contributed by atoms with Crippen LogP contribution in [0, 0.1) is 17.8 Å². The lowest BCUT2D eigenvalue weighted by atomic mass is 10.1. The van der Waals surface area contributed by atoms with Gasteiger partial charge in [0.1, 0.15) is 5.82 Å². The van der Waals surface area contributed by atoms with E-state index >= 15 is 0 Å². The van der Waals surface area contributed by atoms with Crippen LogP contribution >= 0.6 is 0 Å². The molecule has 0 radical (unpaired) electrons. The second kappa shape index (κ2) is 10.9. The van der Waals surface area contributed by atoms with Crippen molar-refractivity contribution in [1.29, 1.82) is 0 Å². The summed E-state index contributed by atoms with van der Waals surface area (Å²) in [5.74, 6) is 3.47. The Morgan fingerprint density at radius 2 is 1.82 bits per heavy atom. The summed E-state index contributed by atoms with van der Waals surface area (Å²) in [6, 6.07) is 10.7. The highest BCUT2D eigenvalue weighted by molar-refractivity contribution is 5.42. The Labute approximate surface area is 194 Å². The molecule has 1 aromatic carbocycles. The number of hydrogen-bond acceptors (Lipinski definition) is 7. The van der Waals surface area contributed by atoms with Crippen LogP contribution in [-0.4, -0.2) is 67.8 Å². The molecule has 3 aliphatic rings. The van der Waals surface area contributed by atoms with Gasteiger partial charge in [-0.05, 0) is 74.5 Å². The number of nitrogens with one attached hydrogen (secondary N) is 3. The van der Waals surface area contributed by atoms with Gasteiger partial charge in [-0.25, -0.2) is 4.79 Å². The number of benzene rings is 1. The predicted octanol–water partition coefficient (Wildman–Crippen LogP) is -0.270. The largest absolute Gasteiger partial charge is 0.372 e. The van der Waals surface area contributed by atoms with Gasteiger partial charge < -0.3 is 26.6 Å². The number of aromatic nitrogens is 2. The zero-order valence-electron chi connectivity index (χ0n) is 19.2. The van der Waals surface area contributed by atoms with Gasteiger partial charge in [-0.1, -0.05) is 12.1 Å². The fraction of sp³-hybridized carbons (Fsp3) is 0.542. The molecule has 9 nitrogen and oxygen atoms in total. The first kappa shape index (κ1) is 23.4. The highest BCUT2D eigenvalue weighted by atomic mass is 16.1. The van der Waals surface area contributed by atoms with E-state index in [1.807, 2.05) is 24.4 Å². The van der Waals surface area contributed by atoms with E-state index in [1.165, 1.54) is 18.7 Å². The summed E-state index contributed by atoms with van der Waals surface area (Å²) in [7, 11) is 0. The van der Waals surface area contributed by atoms with Crippen molar-refractivity contribution >= 4 is 12.2 Å². The van der Waals surface area contributed by atoms with Crippen molar-refractivity contribution in [1.82, 2.24) is 25.5 Å². The van der Waals surface area contributed by atoms with E-state index in [-0.39, 0.29) is 12.1 Å². The minimum Gasteiger partial charge on any atom is -0.372 e. The molecular formula is C24H35N7O2. The SMILES string of the molecule is CC(Cc1ccc(-n2ccc(N3CCNCC3)nc2=O)cc1)NCC1C2CNCC21.NC=O. The van der Waals surface area contributed by atoms with E-state index in [1.54, 1.807) is 4.57 Å². The summed E-state index contributed by atoms with van der Waals surface area (Å²) in [6.45, 7) is 9.43. The molecule has 3 heterocycles. The number of anilines is 1. The first-order valence-electron chi connectivity index (χ1n) is 11.8. The summed E-state index contributed by atoms with van der Waals surface area (Å²) < 4.78 is 1.62. The van der Waals surface area contributed by atoms with Gasteiger partial charge in [0, 0.05) is 38.4 Å². The first-order valence-corrected chi connectivity index (χ1v) is 11.8. The molecule has 5 N–H and O–H groups in total. The predicted molar refractivity (Wildman–Crippen MR) is 130 cm³/mol. The molecule has 1 aromatic heterocycles. The lowest BCUT2D eigenvalue weighted by Crippen LogP contribution is -2.44. The molecule has 33 heavy (non-hydrogen) atoms. The zero-order valence-corrected chi connectivity index (χ0v) is 19.2. The molecule has 3 fully saturated rings. The van der Waals surface area contributed by atoms with Crippen molar-refractivity contribution in [2.45, 2.75) is 19.4 Å². The normalized spacial score (nSPS) is 24.4. The number of amides is 1. The number of piperazine rings is 1. The van der Waals surface area contributed by atoms with Gasteiger partial charge in [0.05, 0.1) is 5.69 Å². The topological polar surface area (TPSA) is 117 Å². The van der Waals surface area contributed by atoms with E-state index in [0.717, 1.165) is 68.4 Å². The second-order valence-corrected chi connectivity index (χ2v) is 9.14.